The molecule has 1 saturated carbocycles. The van der Waals surface area contributed by atoms with Gasteiger partial charge in [-0.15, -0.1) is 0 Å². The van der Waals surface area contributed by atoms with E-state index in [1.54, 1.807) is 18.2 Å². The molecule has 6 heteroatoms. The van der Waals surface area contributed by atoms with Crippen LogP contribution in [0.15, 0.2) is 42.5 Å². The second-order valence-electron chi connectivity index (χ2n) is 10.0. The molecule has 1 N–H and O–H groups in total. The van der Waals surface area contributed by atoms with E-state index in [0.29, 0.717) is 28.5 Å². The molecule has 2 aliphatic rings. The van der Waals surface area contributed by atoms with Gasteiger partial charge in [0.15, 0.2) is 0 Å². The zero-order chi connectivity index (χ0) is 23.6. The van der Waals surface area contributed by atoms with Crippen molar-refractivity contribution in [2.75, 3.05) is 13.1 Å². The number of hydrogen-bond donors (Lipinski definition) is 1. The Labute approximate surface area is 206 Å². The summed E-state index contributed by atoms with van der Waals surface area (Å²) in [5.41, 5.74) is 1.85. The summed E-state index contributed by atoms with van der Waals surface area (Å²) in [4.78, 5) is 16.0. The number of rotatable bonds is 6. The molecule has 1 amide bonds. The maximum Gasteiger partial charge on any atom is 0.226 e. The molecule has 0 radical (unpaired) electrons. The Hall–Kier alpha value is -1.62. The zero-order valence-electron chi connectivity index (χ0n) is 19.4. The third kappa shape index (κ3) is 5.39. The Balaban J connectivity index is 1.35. The van der Waals surface area contributed by atoms with Gasteiger partial charge >= 0.3 is 0 Å². The zero-order valence-corrected chi connectivity index (χ0v) is 20.9. The predicted molar refractivity (Wildman–Crippen MR) is 133 cm³/mol. The molecule has 178 valence electrons. The molecule has 2 aromatic carbocycles. The van der Waals surface area contributed by atoms with Crippen molar-refractivity contribution in [2.24, 2.45) is 11.3 Å². The second-order valence-corrected chi connectivity index (χ2v) is 10.8. The largest absolute Gasteiger partial charge is 0.352 e. The number of carbonyl (C=O) groups excluding carboxylic acids is 1. The third-order valence-electron chi connectivity index (χ3n) is 7.91. The summed E-state index contributed by atoms with van der Waals surface area (Å²) in [5, 5.41) is 4.20. The van der Waals surface area contributed by atoms with Gasteiger partial charge in [-0.2, -0.15) is 0 Å². The van der Waals surface area contributed by atoms with Crippen molar-refractivity contribution in [3.8, 4) is 0 Å². The third-order valence-corrected chi connectivity index (χ3v) is 8.64. The molecule has 2 aromatic rings. The van der Waals surface area contributed by atoms with E-state index in [4.69, 9.17) is 23.2 Å². The van der Waals surface area contributed by atoms with Gasteiger partial charge in [-0.25, -0.2) is 4.39 Å². The minimum Gasteiger partial charge on any atom is -0.352 e. The first-order valence-electron chi connectivity index (χ1n) is 12.0. The van der Waals surface area contributed by atoms with Crippen LogP contribution < -0.4 is 5.32 Å². The van der Waals surface area contributed by atoms with E-state index in [1.807, 2.05) is 24.3 Å². The molecule has 1 saturated heterocycles. The summed E-state index contributed by atoms with van der Waals surface area (Å²) in [6.07, 6.45) is 5.04. The normalized spacial score (nSPS) is 24.4. The second kappa shape index (κ2) is 10.3. The minimum atomic E-state index is -0.339. The van der Waals surface area contributed by atoms with Crippen molar-refractivity contribution in [1.82, 2.24) is 10.2 Å². The van der Waals surface area contributed by atoms with E-state index in [-0.39, 0.29) is 23.1 Å². The van der Waals surface area contributed by atoms with E-state index in [1.165, 1.54) is 5.56 Å². The number of nitrogens with zero attached hydrogens (tertiary/aromatic N) is 1. The first-order chi connectivity index (χ1) is 15.8. The number of piperidine rings is 1. The first kappa shape index (κ1) is 24.5. The summed E-state index contributed by atoms with van der Waals surface area (Å²) in [6.45, 7) is 6.86. The van der Waals surface area contributed by atoms with Gasteiger partial charge in [0.25, 0.3) is 0 Å². The number of hydrogen-bond acceptors (Lipinski definition) is 2. The van der Waals surface area contributed by atoms with Crippen LogP contribution in [0, 0.1) is 17.2 Å². The van der Waals surface area contributed by atoms with Gasteiger partial charge in [-0.05, 0) is 92.4 Å². The van der Waals surface area contributed by atoms with Crippen LogP contribution in [0.5, 0.6) is 0 Å². The number of likely N-dealkylation sites (tertiary alicyclic amines) is 1. The van der Waals surface area contributed by atoms with Gasteiger partial charge in [0.1, 0.15) is 5.82 Å². The van der Waals surface area contributed by atoms with Crippen molar-refractivity contribution in [1.29, 1.82) is 0 Å². The van der Waals surface area contributed by atoms with Crippen molar-refractivity contribution < 1.29 is 9.18 Å². The summed E-state index contributed by atoms with van der Waals surface area (Å²) < 4.78 is 13.3. The van der Waals surface area contributed by atoms with Crippen molar-refractivity contribution in [2.45, 2.75) is 64.5 Å². The molecule has 1 aliphatic heterocycles. The fraction of sp³-hybridized carbons (Fsp3) is 0.519. The molecule has 0 spiro atoms. The lowest BCUT2D eigenvalue weighted by atomic mass is 9.74. The molecule has 4 rings (SSSR count). The minimum absolute atomic E-state index is 0.146. The Bertz CT molecular complexity index is 973. The first-order valence-corrected chi connectivity index (χ1v) is 12.8. The topological polar surface area (TPSA) is 32.3 Å². The molecule has 33 heavy (non-hydrogen) atoms. The van der Waals surface area contributed by atoms with Gasteiger partial charge in [0, 0.05) is 12.6 Å². The molecule has 0 aromatic heterocycles. The molecule has 2 fully saturated rings. The van der Waals surface area contributed by atoms with Gasteiger partial charge in [-0.1, -0.05) is 55.2 Å². The van der Waals surface area contributed by atoms with Gasteiger partial charge in [0.05, 0.1) is 15.5 Å². The number of nitrogens with one attached hydrogen (secondary N) is 1. The highest BCUT2D eigenvalue weighted by Gasteiger charge is 2.48. The number of halogens is 3. The lowest BCUT2D eigenvalue weighted by Crippen LogP contribution is -2.45. The quantitative estimate of drug-likeness (QED) is 0.481. The van der Waals surface area contributed by atoms with Crippen LogP contribution in [0.1, 0.15) is 63.0 Å². The fourth-order valence-corrected chi connectivity index (χ4v) is 6.01. The van der Waals surface area contributed by atoms with Gasteiger partial charge < -0.3 is 10.2 Å². The molecule has 1 aliphatic carbocycles. The van der Waals surface area contributed by atoms with Crippen LogP contribution in [0.3, 0.4) is 0 Å². The van der Waals surface area contributed by atoms with Crippen molar-refractivity contribution >= 4 is 29.1 Å². The van der Waals surface area contributed by atoms with E-state index in [9.17, 15) is 9.18 Å². The van der Waals surface area contributed by atoms with Crippen molar-refractivity contribution in [3.05, 3.63) is 69.5 Å². The maximum absolute atomic E-state index is 13.4. The van der Waals surface area contributed by atoms with Gasteiger partial charge in [0.2, 0.25) is 5.91 Å². The highest BCUT2D eigenvalue weighted by molar-refractivity contribution is 6.42. The number of carbonyl (C=O) groups is 1. The molecule has 3 nitrogen and oxygen atoms in total. The van der Waals surface area contributed by atoms with Crippen molar-refractivity contribution in [3.63, 3.8) is 0 Å². The van der Waals surface area contributed by atoms with Crippen LogP contribution >= 0.6 is 23.2 Å². The van der Waals surface area contributed by atoms with E-state index < -0.39 is 0 Å². The van der Waals surface area contributed by atoms with E-state index >= 15 is 0 Å². The lowest BCUT2D eigenvalue weighted by molar-refractivity contribution is -0.133. The number of amides is 1. The monoisotopic (exact) mass is 490 g/mol. The smallest absolute Gasteiger partial charge is 0.226 e. The highest BCUT2D eigenvalue weighted by Crippen LogP contribution is 2.47. The SMILES string of the molecule is CC(C)C1(C(=O)NCc2ccc(Cl)c(Cl)c2)CCC(N2CCC(c3ccc(F)cc3)CC2)C1. The molecule has 0 bridgehead atoms. The molecule has 2 unspecified atom stereocenters. The lowest BCUT2D eigenvalue weighted by Gasteiger charge is -2.38. The van der Waals surface area contributed by atoms with Crippen LogP contribution in [0.25, 0.3) is 0 Å². The molecule has 2 atom stereocenters. The Morgan fingerprint density at radius 3 is 2.42 bits per heavy atom. The van der Waals surface area contributed by atoms with Crippen LogP contribution in [-0.4, -0.2) is 29.9 Å². The average molecular weight is 491 g/mol. The molecule has 1 heterocycles. The molecular formula is C27H33Cl2FN2O. The summed E-state index contributed by atoms with van der Waals surface area (Å²) in [5.74, 6) is 0.734. The standard InChI is InChI=1S/C27H33Cl2FN2O/c1-18(2)27(26(33)31-17-19-3-8-24(28)25(29)15-19)12-9-23(16-27)32-13-10-21(11-14-32)20-4-6-22(30)7-5-20/h3-8,15,18,21,23H,9-14,16-17H2,1-2H3,(H,31,33). The summed E-state index contributed by atoms with van der Waals surface area (Å²) in [7, 11) is 0. The fourth-order valence-electron chi connectivity index (χ4n) is 5.69. The number of benzene rings is 2. The average Bonchev–Trinajstić information content (AvgIpc) is 3.27. The molecular weight excluding hydrogens is 458 g/mol. The van der Waals surface area contributed by atoms with E-state index in [0.717, 1.165) is 50.8 Å². The summed E-state index contributed by atoms with van der Waals surface area (Å²) >= 11 is 12.1. The highest BCUT2D eigenvalue weighted by atomic mass is 35.5. The Morgan fingerprint density at radius 2 is 1.79 bits per heavy atom. The van der Waals surface area contributed by atoms with Crippen LogP contribution in [-0.2, 0) is 11.3 Å². The van der Waals surface area contributed by atoms with E-state index in [2.05, 4.69) is 24.1 Å². The predicted octanol–water partition coefficient (Wildman–Crippen LogP) is 6.82. The van der Waals surface area contributed by atoms with Crippen LogP contribution in [0.4, 0.5) is 4.39 Å². The maximum atomic E-state index is 13.4. The Kier molecular flexibility index (Phi) is 7.67. The van der Waals surface area contributed by atoms with Crippen LogP contribution in [0.2, 0.25) is 10.0 Å². The summed E-state index contributed by atoms with van der Waals surface area (Å²) in [6, 6.07) is 12.9. The van der Waals surface area contributed by atoms with Gasteiger partial charge in [-0.3, -0.25) is 4.79 Å². The Morgan fingerprint density at radius 1 is 1.09 bits per heavy atom.